The van der Waals surface area contributed by atoms with Crippen LogP contribution in [-0.2, 0) is 24.5 Å². The van der Waals surface area contributed by atoms with Crippen molar-refractivity contribution in [3.05, 3.63) is 47.1 Å². The third-order valence-electron chi connectivity index (χ3n) is 7.59. The van der Waals surface area contributed by atoms with E-state index in [0.29, 0.717) is 12.0 Å². The molecule has 0 aromatic heterocycles. The fraction of sp³-hybridized carbons (Fsp3) is 0.500. The second kappa shape index (κ2) is 7.61. The maximum Gasteiger partial charge on any atom is 0.317 e. The third kappa shape index (κ3) is 3.19. The summed E-state index contributed by atoms with van der Waals surface area (Å²) in [6.45, 7) is 8.40. The van der Waals surface area contributed by atoms with Crippen LogP contribution in [0.2, 0.25) is 0 Å². The summed E-state index contributed by atoms with van der Waals surface area (Å²) in [4.78, 5) is 33.5. The first-order valence-electron chi connectivity index (χ1n) is 11.2. The minimum absolute atomic E-state index is 0.0202. The van der Waals surface area contributed by atoms with Crippen molar-refractivity contribution >= 4 is 17.5 Å². The van der Waals surface area contributed by atoms with Crippen molar-refractivity contribution in [1.82, 2.24) is 0 Å². The standard InChI is InChI=1S/C20H26O4.C6H4O2/c1-10(2)11-8-12-13-9-14-19(3,4)6-5-7-20(14,18(23)24-13)15(12)17(22)16(11)21;7-5-3-1-2-4-6(5)8/h8,10,13-14,21-22H,5-7,9H2,1-4H3;1-4H/t13-,14-,20+;/m0./s1. The van der Waals surface area contributed by atoms with Crippen LogP contribution in [0.3, 0.4) is 0 Å². The van der Waals surface area contributed by atoms with Gasteiger partial charge in [0.25, 0.3) is 0 Å². The van der Waals surface area contributed by atoms with E-state index in [4.69, 9.17) is 4.74 Å². The molecule has 0 amide bonds. The topological polar surface area (TPSA) is 101 Å². The van der Waals surface area contributed by atoms with E-state index < -0.39 is 17.0 Å². The molecule has 2 fully saturated rings. The lowest BCUT2D eigenvalue weighted by Crippen LogP contribution is -2.59. The van der Waals surface area contributed by atoms with Crippen molar-refractivity contribution in [1.29, 1.82) is 0 Å². The Morgan fingerprint density at radius 1 is 1.00 bits per heavy atom. The second-order valence-corrected chi connectivity index (χ2v) is 10.2. The van der Waals surface area contributed by atoms with Gasteiger partial charge in [-0.2, -0.15) is 0 Å². The fourth-order valence-electron chi connectivity index (χ4n) is 6.00. The maximum atomic E-state index is 12.9. The molecule has 2 N–H and O–H groups in total. The zero-order valence-electron chi connectivity index (χ0n) is 19.0. The molecule has 32 heavy (non-hydrogen) atoms. The lowest BCUT2D eigenvalue weighted by Gasteiger charge is -2.58. The third-order valence-corrected chi connectivity index (χ3v) is 7.59. The van der Waals surface area contributed by atoms with Gasteiger partial charge in [0.1, 0.15) is 11.5 Å². The summed E-state index contributed by atoms with van der Waals surface area (Å²) in [6, 6.07) is 1.95. The van der Waals surface area contributed by atoms with Crippen LogP contribution >= 0.6 is 0 Å². The number of fused-ring (bicyclic) bond motifs is 1. The first-order chi connectivity index (χ1) is 15.0. The molecule has 6 rings (SSSR count). The molecule has 3 aliphatic carbocycles. The largest absolute Gasteiger partial charge is 0.504 e. The van der Waals surface area contributed by atoms with Crippen LogP contribution in [0, 0.1) is 11.3 Å². The molecule has 5 aliphatic rings. The summed E-state index contributed by atoms with van der Waals surface area (Å²) in [7, 11) is 0. The summed E-state index contributed by atoms with van der Waals surface area (Å²) >= 11 is 0. The molecule has 6 nitrogen and oxygen atoms in total. The molecule has 1 aromatic carbocycles. The Balaban J connectivity index is 0.000000260. The number of phenols is 2. The van der Waals surface area contributed by atoms with E-state index in [0.717, 1.165) is 30.4 Å². The van der Waals surface area contributed by atoms with E-state index in [1.807, 2.05) is 19.9 Å². The molecule has 6 heteroatoms. The van der Waals surface area contributed by atoms with Crippen molar-refractivity contribution < 1.29 is 29.3 Å². The number of esters is 1. The molecule has 1 spiro atoms. The van der Waals surface area contributed by atoms with Crippen LogP contribution in [0.5, 0.6) is 11.5 Å². The minimum Gasteiger partial charge on any atom is -0.504 e. The van der Waals surface area contributed by atoms with Gasteiger partial charge in [0.15, 0.2) is 11.5 Å². The monoisotopic (exact) mass is 438 g/mol. The van der Waals surface area contributed by atoms with Crippen LogP contribution in [0.15, 0.2) is 30.4 Å². The summed E-state index contributed by atoms with van der Waals surface area (Å²) in [5.74, 6) is -1.02. The van der Waals surface area contributed by atoms with E-state index >= 15 is 0 Å². The Bertz CT molecular complexity index is 1040. The van der Waals surface area contributed by atoms with Crippen LogP contribution < -0.4 is 0 Å². The number of phenolic OH excluding ortho intramolecular Hbond substituents is 2. The molecule has 2 bridgehead atoms. The zero-order valence-corrected chi connectivity index (χ0v) is 19.0. The minimum atomic E-state index is -0.803. The van der Waals surface area contributed by atoms with E-state index in [1.165, 1.54) is 12.2 Å². The number of allylic oxidation sites excluding steroid dienone is 4. The second-order valence-electron chi connectivity index (χ2n) is 10.2. The Hall–Kier alpha value is -2.89. The first kappa shape index (κ1) is 22.3. The number of ether oxygens (including phenoxy) is 1. The van der Waals surface area contributed by atoms with Crippen LogP contribution in [0.25, 0.3) is 0 Å². The number of carbonyl (C=O) groups is 3. The molecule has 0 radical (unpaired) electrons. The highest BCUT2D eigenvalue weighted by molar-refractivity contribution is 6.46. The van der Waals surface area contributed by atoms with Crippen LogP contribution in [0.4, 0.5) is 0 Å². The van der Waals surface area contributed by atoms with Gasteiger partial charge in [0.05, 0.1) is 0 Å². The Morgan fingerprint density at radius 2 is 1.62 bits per heavy atom. The number of hydrogen-bond donors (Lipinski definition) is 2. The highest BCUT2D eigenvalue weighted by atomic mass is 16.5. The first-order valence-corrected chi connectivity index (χ1v) is 11.2. The zero-order chi connectivity index (χ0) is 23.4. The molecule has 2 heterocycles. The highest BCUT2D eigenvalue weighted by Crippen LogP contribution is 2.66. The van der Waals surface area contributed by atoms with Gasteiger partial charge in [0.2, 0.25) is 11.6 Å². The molecule has 3 atom stereocenters. The van der Waals surface area contributed by atoms with Gasteiger partial charge in [-0.25, -0.2) is 0 Å². The highest BCUT2D eigenvalue weighted by Gasteiger charge is 2.65. The predicted octanol–water partition coefficient (Wildman–Crippen LogP) is 4.54. The lowest BCUT2D eigenvalue weighted by molar-refractivity contribution is -0.185. The number of ketones is 2. The van der Waals surface area contributed by atoms with Gasteiger partial charge in [-0.3, -0.25) is 14.4 Å². The van der Waals surface area contributed by atoms with Crippen molar-refractivity contribution in [2.75, 3.05) is 0 Å². The van der Waals surface area contributed by atoms with E-state index in [1.54, 1.807) is 12.2 Å². The smallest absolute Gasteiger partial charge is 0.317 e. The average molecular weight is 439 g/mol. The van der Waals surface area contributed by atoms with Gasteiger partial charge in [-0.05, 0) is 54.7 Å². The number of rotatable bonds is 1. The molecule has 1 aromatic rings. The molecule has 1 saturated carbocycles. The van der Waals surface area contributed by atoms with E-state index in [-0.39, 0.29) is 40.8 Å². The molecule has 170 valence electrons. The molecule has 0 unspecified atom stereocenters. The molecular formula is C26H30O6. The van der Waals surface area contributed by atoms with Crippen molar-refractivity contribution in [3.8, 4) is 11.5 Å². The van der Waals surface area contributed by atoms with Crippen LogP contribution in [0.1, 0.15) is 82.1 Å². The van der Waals surface area contributed by atoms with E-state index in [9.17, 15) is 24.6 Å². The van der Waals surface area contributed by atoms with E-state index in [2.05, 4.69) is 13.8 Å². The number of aromatic hydroxyl groups is 2. The van der Waals surface area contributed by atoms with Gasteiger partial charge in [0, 0.05) is 16.7 Å². The average Bonchev–Trinajstić information content (AvgIpc) is 2.72. The normalized spacial score (nSPS) is 29.2. The summed E-state index contributed by atoms with van der Waals surface area (Å²) in [5.41, 5.74) is 1.49. The Kier molecular flexibility index (Phi) is 5.30. The summed E-state index contributed by atoms with van der Waals surface area (Å²) < 4.78 is 5.76. The summed E-state index contributed by atoms with van der Waals surface area (Å²) in [5, 5.41) is 21.4. The maximum absolute atomic E-state index is 12.9. The van der Waals surface area contributed by atoms with Crippen LogP contribution in [-0.4, -0.2) is 27.7 Å². The van der Waals surface area contributed by atoms with Gasteiger partial charge >= 0.3 is 5.97 Å². The number of carbonyl (C=O) groups excluding carboxylic acids is 3. The predicted molar refractivity (Wildman–Crippen MR) is 118 cm³/mol. The quantitative estimate of drug-likeness (QED) is 0.289. The molecule has 2 aliphatic heterocycles. The summed E-state index contributed by atoms with van der Waals surface area (Å²) in [6.07, 6.45) is 8.79. The number of benzene rings is 1. The lowest BCUT2D eigenvalue weighted by atomic mass is 9.47. The molecular weight excluding hydrogens is 408 g/mol. The SMILES string of the molecule is CC(C)c1cc2c(c(O)c1O)[C@@]13CCCC(C)(C)[C@@H]1C[C@@H]2OC3=O.O=C1C=CC=CC1=O. The Morgan fingerprint density at radius 3 is 2.19 bits per heavy atom. The van der Waals surface area contributed by atoms with Crippen molar-refractivity contribution in [2.45, 2.75) is 70.8 Å². The fourth-order valence-corrected chi connectivity index (χ4v) is 6.00. The van der Waals surface area contributed by atoms with Gasteiger partial charge in [-0.1, -0.05) is 46.3 Å². The Labute approximate surface area is 188 Å². The molecule has 1 saturated heterocycles. The van der Waals surface area contributed by atoms with Gasteiger partial charge < -0.3 is 14.9 Å². The van der Waals surface area contributed by atoms with Crippen molar-refractivity contribution in [2.24, 2.45) is 11.3 Å². The van der Waals surface area contributed by atoms with Gasteiger partial charge in [-0.15, -0.1) is 0 Å². The van der Waals surface area contributed by atoms with Crippen molar-refractivity contribution in [3.63, 3.8) is 0 Å². The number of hydrogen-bond acceptors (Lipinski definition) is 6.